The zero-order chi connectivity index (χ0) is 10.9. The van der Waals surface area contributed by atoms with Crippen LogP contribution in [0.3, 0.4) is 0 Å². The lowest BCUT2D eigenvalue weighted by molar-refractivity contribution is -0.198. The molecule has 84 valence electrons. The highest BCUT2D eigenvalue weighted by molar-refractivity contribution is 7.10. The maximum absolute atomic E-state index is 13.2. The van der Waals surface area contributed by atoms with E-state index in [4.69, 9.17) is 0 Å². The second-order valence-corrected chi connectivity index (χ2v) is 5.07. The fourth-order valence-corrected chi connectivity index (χ4v) is 3.38. The molecule has 0 N–H and O–H groups in total. The van der Waals surface area contributed by atoms with E-state index < -0.39 is 11.6 Å². The van der Waals surface area contributed by atoms with E-state index in [2.05, 4.69) is 0 Å². The Morgan fingerprint density at radius 1 is 1.13 bits per heavy atom. The molecule has 1 aromatic heterocycles. The van der Waals surface area contributed by atoms with Gasteiger partial charge in [-0.05, 0) is 24.3 Å². The van der Waals surface area contributed by atoms with E-state index in [0.29, 0.717) is 17.7 Å². The highest BCUT2D eigenvalue weighted by atomic mass is 32.1. The van der Waals surface area contributed by atoms with Crippen molar-refractivity contribution in [1.82, 2.24) is 0 Å². The summed E-state index contributed by atoms with van der Waals surface area (Å²) in [5.74, 6) is 0. The maximum atomic E-state index is 13.2. The van der Waals surface area contributed by atoms with Crippen molar-refractivity contribution in [2.75, 3.05) is 0 Å². The van der Waals surface area contributed by atoms with E-state index in [-0.39, 0.29) is 12.8 Å². The molecular weight excluding hydrogens is 221 g/mol. The van der Waals surface area contributed by atoms with E-state index in [1.165, 1.54) is 11.3 Å². The van der Waals surface area contributed by atoms with Gasteiger partial charge in [0.15, 0.2) is 0 Å². The Labute approximate surface area is 91.1 Å². The van der Waals surface area contributed by atoms with Gasteiger partial charge < -0.3 is 0 Å². The zero-order valence-electron chi connectivity index (χ0n) is 8.31. The van der Waals surface area contributed by atoms with Crippen molar-refractivity contribution in [2.45, 2.75) is 43.7 Å². The Bertz CT molecular complexity index is 307. The third-order valence-corrected chi connectivity index (χ3v) is 4.32. The Morgan fingerprint density at radius 2 is 1.80 bits per heavy atom. The van der Waals surface area contributed by atoms with Crippen LogP contribution in [0.1, 0.15) is 37.0 Å². The van der Waals surface area contributed by atoms with Crippen LogP contribution in [0.2, 0.25) is 0 Å². The van der Waals surface area contributed by atoms with E-state index in [9.17, 15) is 13.2 Å². The molecule has 0 bridgehead atoms. The molecule has 0 aromatic carbocycles. The van der Waals surface area contributed by atoms with Gasteiger partial charge in [-0.15, -0.1) is 11.3 Å². The van der Waals surface area contributed by atoms with Crippen LogP contribution in [0.25, 0.3) is 0 Å². The molecule has 0 atom stereocenters. The molecule has 0 unspecified atom stereocenters. The number of thiophene rings is 1. The summed E-state index contributed by atoms with van der Waals surface area (Å²) in [5.41, 5.74) is -1.54. The van der Waals surface area contributed by atoms with E-state index in [1.807, 2.05) is 0 Å². The fraction of sp³-hybridized carbons (Fsp3) is 0.636. The highest BCUT2D eigenvalue weighted by Crippen LogP contribution is 2.51. The quantitative estimate of drug-likeness (QED) is 0.670. The molecule has 1 fully saturated rings. The van der Waals surface area contributed by atoms with Gasteiger partial charge in [0.05, 0.1) is 0 Å². The third kappa shape index (κ3) is 1.80. The molecule has 0 aliphatic heterocycles. The Hall–Kier alpha value is -0.510. The van der Waals surface area contributed by atoms with Crippen LogP contribution in [-0.2, 0) is 5.41 Å². The summed E-state index contributed by atoms with van der Waals surface area (Å²) in [4.78, 5) is 0.495. The molecule has 1 aliphatic rings. The monoisotopic (exact) mass is 234 g/mol. The minimum atomic E-state index is -4.10. The number of hydrogen-bond acceptors (Lipinski definition) is 1. The first-order chi connectivity index (χ1) is 7.06. The van der Waals surface area contributed by atoms with Gasteiger partial charge in [-0.25, -0.2) is 0 Å². The first-order valence-corrected chi connectivity index (χ1v) is 6.05. The number of halogens is 3. The lowest BCUT2D eigenvalue weighted by Crippen LogP contribution is -2.43. The summed E-state index contributed by atoms with van der Waals surface area (Å²) in [6.07, 6.45) is -1.26. The van der Waals surface area contributed by atoms with Gasteiger partial charge in [0.25, 0.3) is 0 Å². The van der Waals surface area contributed by atoms with Gasteiger partial charge in [-0.1, -0.05) is 25.3 Å². The van der Waals surface area contributed by atoms with E-state index in [0.717, 1.165) is 6.42 Å². The van der Waals surface area contributed by atoms with Crippen LogP contribution in [0.5, 0.6) is 0 Å². The van der Waals surface area contributed by atoms with Crippen LogP contribution < -0.4 is 0 Å². The van der Waals surface area contributed by atoms with Gasteiger partial charge in [-0.3, -0.25) is 0 Å². The van der Waals surface area contributed by atoms with Gasteiger partial charge in [-0.2, -0.15) is 13.2 Å². The van der Waals surface area contributed by atoms with Gasteiger partial charge >= 0.3 is 6.18 Å². The summed E-state index contributed by atoms with van der Waals surface area (Å²) in [5, 5.41) is 1.73. The molecule has 15 heavy (non-hydrogen) atoms. The van der Waals surface area contributed by atoms with Crippen LogP contribution in [0, 0.1) is 0 Å². The van der Waals surface area contributed by atoms with E-state index >= 15 is 0 Å². The first kappa shape index (κ1) is 11.0. The molecule has 0 spiro atoms. The standard InChI is InChI=1S/C11H13F3S/c12-11(13,14)10(6-2-1-3-7-10)9-5-4-8-15-9/h4-5,8H,1-3,6-7H2. The van der Waals surface area contributed by atoms with Gasteiger partial charge in [0.2, 0.25) is 0 Å². The minimum Gasteiger partial charge on any atom is -0.170 e. The van der Waals surface area contributed by atoms with Crippen LogP contribution in [0.15, 0.2) is 17.5 Å². The van der Waals surface area contributed by atoms with Gasteiger partial charge in [0.1, 0.15) is 5.41 Å². The van der Waals surface area contributed by atoms with Crippen molar-refractivity contribution >= 4 is 11.3 Å². The molecule has 2 rings (SSSR count). The number of hydrogen-bond donors (Lipinski definition) is 0. The predicted octanol–water partition coefficient (Wildman–Crippen LogP) is 4.51. The average molecular weight is 234 g/mol. The Kier molecular flexibility index (Phi) is 2.79. The summed E-state index contributed by atoms with van der Waals surface area (Å²) in [6.45, 7) is 0. The van der Waals surface area contributed by atoms with E-state index in [1.54, 1.807) is 17.5 Å². The van der Waals surface area contributed by atoms with Crippen molar-refractivity contribution in [3.63, 3.8) is 0 Å². The second kappa shape index (κ2) is 3.81. The topological polar surface area (TPSA) is 0 Å². The molecule has 1 aliphatic carbocycles. The summed E-state index contributed by atoms with van der Waals surface area (Å²) >= 11 is 1.24. The maximum Gasteiger partial charge on any atom is 0.399 e. The van der Waals surface area contributed by atoms with Crippen LogP contribution >= 0.6 is 11.3 Å². The van der Waals surface area contributed by atoms with Crippen molar-refractivity contribution in [3.05, 3.63) is 22.4 Å². The smallest absolute Gasteiger partial charge is 0.170 e. The largest absolute Gasteiger partial charge is 0.399 e. The normalized spacial score (nSPS) is 21.5. The average Bonchev–Trinajstić information content (AvgIpc) is 2.70. The molecule has 1 aromatic rings. The second-order valence-electron chi connectivity index (χ2n) is 4.12. The third-order valence-electron chi connectivity index (χ3n) is 3.24. The Morgan fingerprint density at radius 3 is 2.27 bits per heavy atom. The molecule has 1 saturated carbocycles. The van der Waals surface area contributed by atoms with Crippen molar-refractivity contribution in [3.8, 4) is 0 Å². The summed E-state index contributed by atoms with van der Waals surface area (Å²) in [7, 11) is 0. The summed E-state index contributed by atoms with van der Waals surface area (Å²) in [6, 6.07) is 3.34. The summed E-state index contributed by atoms with van der Waals surface area (Å²) < 4.78 is 39.5. The van der Waals surface area contributed by atoms with Crippen molar-refractivity contribution < 1.29 is 13.2 Å². The molecule has 0 saturated heterocycles. The van der Waals surface area contributed by atoms with Crippen molar-refractivity contribution in [1.29, 1.82) is 0 Å². The molecular formula is C11H13F3S. The van der Waals surface area contributed by atoms with Gasteiger partial charge in [0, 0.05) is 4.88 Å². The van der Waals surface area contributed by atoms with Crippen LogP contribution in [0.4, 0.5) is 13.2 Å². The van der Waals surface area contributed by atoms with Crippen LogP contribution in [-0.4, -0.2) is 6.18 Å². The lowest BCUT2D eigenvalue weighted by atomic mass is 9.72. The number of alkyl halides is 3. The Balaban J connectivity index is 2.39. The number of rotatable bonds is 1. The first-order valence-electron chi connectivity index (χ1n) is 5.17. The minimum absolute atomic E-state index is 0.261. The van der Waals surface area contributed by atoms with Crippen molar-refractivity contribution in [2.24, 2.45) is 0 Å². The zero-order valence-corrected chi connectivity index (χ0v) is 9.13. The highest BCUT2D eigenvalue weighted by Gasteiger charge is 2.56. The molecule has 0 amide bonds. The fourth-order valence-electron chi connectivity index (χ4n) is 2.38. The molecule has 1 heterocycles. The lowest BCUT2D eigenvalue weighted by Gasteiger charge is -2.38. The molecule has 0 nitrogen and oxygen atoms in total. The molecule has 0 radical (unpaired) electrons. The molecule has 4 heteroatoms. The SMILES string of the molecule is FC(F)(F)C1(c2cccs2)CCCCC1. The predicted molar refractivity (Wildman–Crippen MR) is 55.1 cm³/mol.